The third-order valence-corrected chi connectivity index (χ3v) is 4.56. The number of thioether (sulfide) groups is 1. The fraction of sp³-hybridized carbons (Fsp3) is 0.188. The summed E-state index contributed by atoms with van der Waals surface area (Å²) in [6, 6.07) is 9.02. The van der Waals surface area contributed by atoms with Gasteiger partial charge in [0.15, 0.2) is 0 Å². The highest BCUT2D eigenvalue weighted by Crippen LogP contribution is 2.36. The number of nitrogens with one attached hydrogen (secondary N) is 1. The van der Waals surface area contributed by atoms with Crippen molar-refractivity contribution in [2.45, 2.75) is 17.6 Å². The largest absolute Gasteiger partial charge is 0.416 e. The van der Waals surface area contributed by atoms with Crippen molar-refractivity contribution in [3.63, 3.8) is 0 Å². The summed E-state index contributed by atoms with van der Waals surface area (Å²) in [5.41, 5.74) is -0.982. The van der Waals surface area contributed by atoms with Gasteiger partial charge >= 0.3 is 6.18 Å². The molecule has 26 heavy (non-hydrogen) atoms. The lowest BCUT2D eigenvalue weighted by Gasteiger charge is -2.09. The van der Waals surface area contributed by atoms with Crippen molar-refractivity contribution in [3.8, 4) is 0 Å². The van der Waals surface area contributed by atoms with Crippen LogP contribution in [0.4, 0.5) is 18.9 Å². The van der Waals surface area contributed by atoms with E-state index in [0.29, 0.717) is 11.1 Å². The van der Waals surface area contributed by atoms with E-state index in [-0.39, 0.29) is 17.2 Å². The Kier molecular flexibility index (Phi) is 6.49. The minimum absolute atomic E-state index is 0.00959. The Morgan fingerprint density at radius 1 is 1.19 bits per heavy atom. The van der Waals surface area contributed by atoms with E-state index in [1.54, 1.807) is 24.3 Å². The third kappa shape index (κ3) is 5.63. The second kappa shape index (κ2) is 8.41. The number of nitrogens with zero attached hydrogens (tertiary/aromatic N) is 1. The molecule has 0 aliphatic rings. The number of nitro groups is 1. The average Bonchev–Trinajstić information content (AvgIpc) is 2.58. The van der Waals surface area contributed by atoms with Crippen LogP contribution in [0, 0.1) is 10.1 Å². The van der Waals surface area contributed by atoms with Gasteiger partial charge in [0.2, 0.25) is 5.91 Å². The lowest BCUT2D eigenvalue weighted by molar-refractivity contribution is -0.388. The van der Waals surface area contributed by atoms with E-state index in [4.69, 9.17) is 11.6 Å². The summed E-state index contributed by atoms with van der Waals surface area (Å²) < 4.78 is 38.0. The van der Waals surface area contributed by atoms with Gasteiger partial charge in [-0.2, -0.15) is 13.2 Å². The molecule has 2 aromatic carbocycles. The molecule has 10 heteroatoms. The van der Waals surface area contributed by atoms with Gasteiger partial charge in [0.1, 0.15) is 0 Å². The molecule has 0 saturated heterocycles. The minimum atomic E-state index is -4.68. The number of hydrogen-bond donors (Lipinski definition) is 1. The highest BCUT2D eigenvalue weighted by molar-refractivity contribution is 8.00. The van der Waals surface area contributed by atoms with Crippen LogP contribution in [-0.2, 0) is 17.5 Å². The second-order valence-electron chi connectivity index (χ2n) is 5.13. The van der Waals surface area contributed by atoms with Crippen LogP contribution in [0.15, 0.2) is 47.4 Å². The first-order chi connectivity index (χ1) is 12.2. The number of benzene rings is 2. The summed E-state index contributed by atoms with van der Waals surface area (Å²) in [6.45, 7) is 0.242. The summed E-state index contributed by atoms with van der Waals surface area (Å²) in [4.78, 5) is 21.9. The number of nitro benzene ring substituents is 1. The van der Waals surface area contributed by atoms with Crippen LogP contribution < -0.4 is 5.32 Å². The summed E-state index contributed by atoms with van der Waals surface area (Å²) in [5.74, 6) is -0.570. The molecule has 2 aromatic rings. The summed E-state index contributed by atoms with van der Waals surface area (Å²) in [5, 5.41) is 14.2. The summed E-state index contributed by atoms with van der Waals surface area (Å²) >= 11 is 6.55. The van der Waals surface area contributed by atoms with Crippen LogP contribution in [-0.4, -0.2) is 16.6 Å². The number of halogens is 4. The number of carbonyl (C=O) groups is 1. The lowest BCUT2D eigenvalue weighted by Crippen LogP contribution is -2.24. The Bertz CT molecular complexity index is 813. The van der Waals surface area contributed by atoms with Gasteiger partial charge in [0.05, 0.1) is 21.1 Å². The van der Waals surface area contributed by atoms with E-state index >= 15 is 0 Å². The van der Waals surface area contributed by atoms with Gasteiger partial charge in [0.25, 0.3) is 5.69 Å². The zero-order valence-corrected chi connectivity index (χ0v) is 14.6. The van der Waals surface area contributed by atoms with E-state index in [1.807, 2.05) is 0 Å². The topological polar surface area (TPSA) is 72.2 Å². The maximum atomic E-state index is 12.7. The van der Waals surface area contributed by atoms with Crippen molar-refractivity contribution in [1.29, 1.82) is 0 Å². The van der Waals surface area contributed by atoms with E-state index in [0.717, 1.165) is 29.5 Å². The van der Waals surface area contributed by atoms with Gasteiger partial charge in [-0.15, -0.1) is 11.8 Å². The normalized spacial score (nSPS) is 11.2. The predicted octanol–water partition coefficient (Wildman–Crippen LogP) is 4.68. The first kappa shape index (κ1) is 20.1. The first-order valence-electron chi connectivity index (χ1n) is 7.16. The molecule has 138 valence electrons. The van der Waals surface area contributed by atoms with Crippen molar-refractivity contribution in [2.75, 3.05) is 5.75 Å². The molecular formula is C16H12ClF3N2O3S. The Balaban J connectivity index is 1.98. The summed E-state index contributed by atoms with van der Waals surface area (Å²) in [7, 11) is 0. The third-order valence-electron chi connectivity index (χ3n) is 3.24. The Labute approximate surface area is 155 Å². The van der Waals surface area contributed by atoms with Crippen LogP contribution in [0.3, 0.4) is 0 Å². The Hall–Kier alpha value is -2.26. The molecule has 0 atom stereocenters. The smallest absolute Gasteiger partial charge is 0.351 e. The quantitative estimate of drug-likeness (QED) is 0.431. The molecule has 2 rings (SSSR count). The number of alkyl halides is 3. The molecule has 1 N–H and O–H groups in total. The molecule has 0 fully saturated rings. The van der Waals surface area contributed by atoms with Crippen molar-refractivity contribution >= 4 is 35.0 Å². The Morgan fingerprint density at radius 3 is 2.42 bits per heavy atom. The Morgan fingerprint density at radius 2 is 1.85 bits per heavy atom. The zero-order valence-electron chi connectivity index (χ0n) is 13.0. The lowest BCUT2D eigenvalue weighted by atomic mass is 10.2. The van der Waals surface area contributed by atoms with Crippen LogP contribution in [0.5, 0.6) is 0 Å². The standard InChI is InChI=1S/C16H12ClF3N2O3S/c17-12-4-1-10(2-5-12)8-21-15(23)9-26-14-6-3-11(16(18,19)20)7-13(14)22(24)25/h1-7H,8-9H2,(H,21,23). The fourth-order valence-electron chi connectivity index (χ4n) is 1.96. The fourth-order valence-corrected chi connectivity index (χ4v) is 2.92. The van der Waals surface area contributed by atoms with Crippen molar-refractivity contribution in [2.24, 2.45) is 0 Å². The molecule has 0 aliphatic heterocycles. The van der Waals surface area contributed by atoms with Crippen LogP contribution >= 0.6 is 23.4 Å². The van der Waals surface area contributed by atoms with E-state index < -0.39 is 28.3 Å². The molecule has 0 aromatic heterocycles. The zero-order chi connectivity index (χ0) is 19.3. The average molecular weight is 405 g/mol. The van der Waals surface area contributed by atoms with Crippen LogP contribution in [0.2, 0.25) is 5.02 Å². The maximum absolute atomic E-state index is 12.7. The molecule has 0 unspecified atom stereocenters. The van der Waals surface area contributed by atoms with Crippen molar-refractivity contribution in [3.05, 3.63) is 68.7 Å². The molecule has 0 heterocycles. The highest BCUT2D eigenvalue weighted by atomic mass is 35.5. The molecule has 1 amide bonds. The number of carbonyl (C=O) groups excluding carboxylic acids is 1. The molecule has 0 aliphatic carbocycles. The second-order valence-corrected chi connectivity index (χ2v) is 6.58. The molecule has 5 nitrogen and oxygen atoms in total. The minimum Gasteiger partial charge on any atom is -0.351 e. The maximum Gasteiger partial charge on any atom is 0.416 e. The number of hydrogen-bond acceptors (Lipinski definition) is 4. The highest BCUT2D eigenvalue weighted by Gasteiger charge is 2.33. The monoisotopic (exact) mass is 404 g/mol. The van der Waals surface area contributed by atoms with Crippen LogP contribution in [0.25, 0.3) is 0 Å². The molecule has 0 spiro atoms. The van der Waals surface area contributed by atoms with Gasteiger partial charge in [-0.05, 0) is 29.8 Å². The van der Waals surface area contributed by atoms with Gasteiger partial charge in [-0.1, -0.05) is 23.7 Å². The van der Waals surface area contributed by atoms with E-state index in [2.05, 4.69) is 5.32 Å². The van der Waals surface area contributed by atoms with E-state index in [9.17, 15) is 28.1 Å². The van der Waals surface area contributed by atoms with E-state index in [1.165, 1.54) is 0 Å². The van der Waals surface area contributed by atoms with Gasteiger partial charge in [-0.25, -0.2) is 0 Å². The SMILES string of the molecule is O=C(CSc1ccc(C(F)(F)F)cc1[N+](=O)[O-])NCc1ccc(Cl)cc1. The molecule has 0 bridgehead atoms. The summed E-state index contributed by atoms with van der Waals surface area (Å²) in [6.07, 6.45) is -4.68. The predicted molar refractivity (Wildman–Crippen MR) is 92.1 cm³/mol. The van der Waals surface area contributed by atoms with Crippen LogP contribution in [0.1, 0.15) is 11.1 Å². The van der Waals surface area contributed by atoms with Gasteiger partial charge in [0, 0.05) is 17.6 Å². The van der Waals surface area contributed by atoms with Gasteiger partial charge in [-0.3, -0.25) is 14.9 Å². The molecular weight excluding hydrogens is 393 g/mol. The van der Waals surface area contributed by atoms with Crippen molar-refractivity contribution < 1.29 is 22.9 Å². The first-order valence-corrected chi connectivity index (χ1v) is 8.53. The van der Waals surface area contributed by atoms with Crippen molar-refractivity contribution in [1.82, 2.24) is 5.32 Å². The number of rotatable bonds is 6. The van der Waals surface area contributed by atoms with Gasteiger partial charge < -0.3 is 5.32 Å². The number of amides is 1. The molecule has 0 saturated carbocycles. The molecule has 0 radical (unpaired) electrons.